The number of hydrogen-bond donors (Lipinski definition) is 1. The molecule has 5 heteroatoms. The van der Waals surface area contributed by atoms with E-state index in [9.17, 15) is 4.79 Å². The standard InChI is InChI=1S/C16H21N3O2/c1-11-8-19(9-12(2)21-11)16(20)17-14-10-18(3)15-7-5-4-6-13(14)15/h4-7,10-12H,8-9H2,1-3H3,(H,17,20)/t11-,12-/m0/s1. The number of anilines is 1. The summed E-state index contributed by atoms with van der Waals surface area (Å²) in [5.41, 5.74) is 1.96. The molecule has 0 radical (unpaired) electrons. The average Bonchev–Trinajstić information content (AvgIpc) is 2.75. The van der Waals surface area contributed by atoms with Crippen molar-refractivity contribution < 1.29 is 9.53 Å². The van der Waals surface area contributed by atoms with Gasteiger partial charge in [-0.15, -0.1) is 0 Å². The van der Waals surface area contributed by atoms with Crippen LogP contribution < -0.4 is 5.32 Å². The third-order valence-electron chi connectivity index (χ3n) is 3.85. The number of hydrogen-bond acceptors (Lipinski definition) is 2. The third-order valence-corrected chi connectivity index (χ3v) is 3.85. The highest BCUT2D eigenvalue weighted by molar-refractivity contribution is 6.01. The van der Waals surface area contributed by atoms with Crippen LogP contribution in [0.5, 0.6) is 0 Å². The van der Waals surface area contributed by atoms with Crippen LogP contribution in [0, 0.1) is 0 Å². The third kappa shape index (κ3) is 2.74. The van der Waals surface area contributed by atoms with Gasteiger partial charge >= 0.3 is 6.03 Å². The largest absolute Gasteiger partial charge is 0.372 e. The maximum atomic E-state index is 12.5. The van der Waals surface area contributed by atoms with Crippen molar-refractivity contribution in [2.75, 3.05) is 18.4 Å². The lowest BCUT2D eigenvalue weighted by Gasteiger charge is -2.35. The fourth-order valence-corrected chi connectivity index (χ4v) is 2.98. The van der Waals surface area contributed by atoms with Crippen molar-refractivity contribution in [3.05, 3.63) is 30.5 Å². The van der Waals surface area contributed by atoms with Crippen LogP contribution in [0.2, 0.25) is 0 Å². The molecule has 2 heterocycles. The second-order valence-electron chi connectivity index (χ2n) is 5.76. The molecule has 0 bridgehead atoms. The number of para-hydroxylation sites is 1. The lowest BCUT2D eigenvalue weighted by Crippen LogP contribution is -2.49. The van der Waals surface area contributed by atoms with Gasteiger partial charge in [0.25, 0.3) is 0 Å². The first-order chi connectivity index (χ1) is 10.0. The molecule has 5 nitrogen and oxygen atoms in total. The Kier molecular flexibility index (Phi) is 3.59. The molecule has 1 saturated heterocycles. The maximum absolute atomic E-state index is 12.5. The predicted octanol–water partition coefficient (Wildman–Crippen LogP) is 2.82. The van der Waals surface area contributed by atoms with E-state index in [1.54, 1.807) is 0 Å². The Morgan fingerprint density at radius 1 is 1.24 bits per heavy atom. The van der Waals surface area contributed by atoms with Crippen LogP contribution in [0.25, 0.3) is 10.9 Å². The van der Waals surface area contributed by atoms with E-state index in [-0.39, 0.29) is 18.2 Å². The summed E-state index contributed by atoms with van der Waals surface area (Å²) in [6.45, 7) is 5.24. The molecular formula is C16H21N3O2. The second-order valence-corrected chi connectivity index (χ2v) is 5.76. The number of nitrogens with one attached hydrogen (secondary N) is 1. The molecule has 2 atom stereocenters. The summed E-state index contributed by atoms with van der Waals surface area (Å²) in [5, 5.41) is 4.09. The number of benzene rings is 1. The topological polar surface area (TPSA) is 46.5 Å². The van der Waals surface area contributed by atoms with Crippen LogP contribution >= 0.6 is 0 Å². The Hall–Kier alpha value is -2.01. The normalized spacial score (nSPS) is 22.5. The molecule has 0 saturated carbocycles. The highest BCUT2D eigenvalue weighted by Crippen LogP contribution is 2.25. The minimum absolute atomic E-state index is 0.0617. The number of carbonyl (C=O) groups excluding carboxylic acids is 1. The van der Waals surface area contributed by atoms with Crippen molar-refractivity contribution in [2.45, 2.75) is 26.1 Å². The number of morpholine rings is 1. The Labute approximate surface area is 124 Å². The number of amides is 2. The molecular weight excluding hydrogens is 266 g/mol. The lowest BCUT2D eigenvalue weighted by molar-refractivity contribution is -0.0530. The predicted molar refractivity (Wildman–Crippen MR) is 83.5 cm³/mol. The average molecular weight is 287 g/mol. The second kappa shape index (κ2) is 5.41. The smallest absolute Gasteiger partial charge is 0.322 e. The van der Waals surface area contributed by atoms with E-state index < -0.39 is 0 Å². The summed E-state index contributed by atoms with van der Waals surface area (Å²) < 4.78 is 7.69. The van der Waals surface area contributed by atoms with Crippen molar-refractivity contribution in [2.24, 2.45) is 7.05 Å². The fourth-order valence-electron chi connectivity index (χ4n) is 2.98. The summed E-state index contributed by atoms with van der Waals surface area (Å²) in [7, 11) is 1.98. The summed E-state index contributed by atoms with van der Waals surface area (Å²) in [6.07, 6.45) is 2.11. The van der Waals surface area contributed by atoms with Crippen LogP contribution in [0.1, 0.15) is 13.8 Å². The maximum Gasteiger partial charge on any atom is 0.322 e. The SMILES string of the molecule is C[C@H]1CN(C(=O)Nc2cn(C)c3ccccc23)C[C@H](C)O1. The molecule has 3 rings (SSSR count). The first kappa shape index (κ1) is 13.9. The molecule has 1 N–H and O–H groups in total. The number of ether oxygens (including phenoxy) is 1. The van der Waals surface area contributed by atoms with Crippen molar-refractivity contribution in [3.8, 4) is 0 Å². The zero-order chi connectivity index (χ0) is 15.0. The van der Waals surface area contributed by atoms with Gasteiger partial charge in [0, 0.05) is 37.2 Å². The number of rotatable bonds is 1. The first-order valence-corrected chi connectivity index (χ1v) is 7.30. The van der Waals surface area contributed by atoms with Gasteiger partial charge in [-0.25, -0.2) is 4.79 Å². The summed E-state index contributed by atoms with van der Waals surface area (Å²) in [4.78, 5) is 14.3. The number of fused-ring (bicyclic) bond motifs is 1. The number of aryl methyl sites for hydroxylation is 1. The quantitative estimate of drug-likeness (QED) is 0.876. The van der Waals surface area contributed by atoms with Gasteiger partial charge in [-0.05, 0) is 19.9 Å². The van der Waals surface area contributed by atoms with Gasteiger partial charge in [-0.3, -0.25) is 0 Å². The van der Waals surface area contributed by atoms with Crippen molar-refractivity contribution in [3.63, 3.8) is 0 Å². The molecule has 1 aliphatic rings. The molecule has 1 aromatic carbocycles. The van der Waals surface area contributed by atoms with Crippen LogP contribution in [0.4, 0.5) is 10.5 Å². The fraction of sp³-hybridized carbons (Fsp3) is 0.438. The molecule has 0 spiro atoms. The summed E-state index contributed by atoms with van der Waals surface area (Å²) >= 11 is 0. The Morgan fingerprint density at radius 2 is 1.90 bits per heavy atom. The molecule has 1 fully saturated rings. The molecule has 1 aromatic heterocycles. The van der Waals surface area contributed by atoms with Gasteiger partial charge in [0.15, 0.2) is 0 Å². The molecule has 0 unspecified atom stereocenters. The Morgan fingerprint density at radius 3 is 2.62 bits per heavy atom. The Bertz CT molecular complexity index is 655. The zero-order valence-electron chi connectivity index (χ0n) is 12.7. The van der Waals surface area contributed by atoms with Gasteiger partial charge < -0.3 is 19.5 Å². The van der Waals surface area contributed by atoms with Crippen LogP contribution in [0.3, 0.4) is 0 Å². The van der Waals surface area contributed by atoms with E-state index in [0.717, 1.165) is 16.6 Å². The molecule has 2 aromatic rings. The van der Waals surface area contributed by atoms with Gasteiger partial charge in [-0.1, -0.05) is 18.2 Å². The van der Waals surface area contributed by atoms with Gasteiger partial charge in [-0.2, -0.15) is 0 Å². The van der Waals surface area contributed by atoms with E-state index in [1.807, 2.05) is 60.8 Å². The first-order valence-electron chi connectivity index (χ1n) is 7.30. The minimum Gasteiger partial charge on any atom is -0.372 e. The molecule has 0 aliphatic carbocycles. The van der Waals surface area contributed by atoms with Crippen molar-refractivity contribution in [1.29, 1.82) is 0 Å². The highest BCUT2D eigenvalue weighted by atomic mass is 16.5. The lowest BCUT2D eigenvalue weighted by atomic mass is 10.2. The molecule has 2 amide bonds. The monoisotopic (exact) mass is 287 g/mol. The van der Waals surface area contributed by atoms with Crippen molar-refractivity contribution >= 4 is 22.6 Å². The molecule has 21 heavy (non-hydrogen) atoms. The number of nitrogens with zero attached hydrogens (tertiary/aromatic N) is 2. The van der Waals surface area contributed by atoms with Gasteiger partial charge in [0.2, 0.25) is 0 Å². The van der Waals surface area contributed by atoms with E-state index in [0.29, 0.717) is 13.1 Å². The molecule has 1 aliphatic heterocycles. The van der Waals surface area contributed by atoms with Crippen molar-refractivity contribution in [1.82, 2.24) is 9.47 Å². The number of urea groups is 1. The van der Waals surface area contributed by atoms with E-state index in [4.69, 9.17) is 4.74 Å². The number of aromatic nitrogens is 1. The zero-order valence-corrected chi connectivity index (χ0v) is 12.7. The van der Waals surface area contributed by atoms with Crippen LogP contribution in [-0.2, 0) is 11.8 Å². The summed E-state index contributed by atoms with van der Waals surface area (Å²) in [6, 6.07) is 7.99. The number of carbonyl (C=O) groups is 1. The van der Waals surface area contributed by atoms with Gasteiger partial charge in [0.1, 0.15) is 0 Å². The van der Waals surface area contributed by atoms with Gasteiger partial charge in [0.05, 0.1) is 17.9 Å². The van der Waals surface area contributed by atoms with E-state index in [2.05, 4.69) is 5.32 Å². The highest BCUT2D eigenvalue weighted by Gasteiger charge is 2.26. The minimum atomic E-state index is -0.0617. The van der Waals surface area contributed by atoms with E-state index >= 15 is 0 Å². The van der Waals surface area contributed by atoms with Crippen LogP contribution in [-0.4, -0.2) is 40.8 Å². The van der Waals surface area contributed by atoms with E-state index in [1.165, 1.54) is 0 Å². The Balaban J connectivity index is 1.80. The van der Waals surface area contributed by atoms with Crippen LogP contribution in [0.15, 0.2) is 30.5 Å². The molecule has 112 valence electrons. The summed E-state index contributed by atoms with van der Waals surface area (Å²) in [5.74, 6) is 0.